The van der Waals surface area contributed by atoms with Gasteiger partial charge in [0.05, 0.1) is 74.0 Å². The lowest BCUT2D eigenvalue weighted by Gasteiger charge is -2.54. The second kappa shape index (κ2) is 23.9. The van der Waals surface area contributed by atoms with Gasteiger partial charge in [0.2, 0.25) is 0 Å². The summed E-state index contributed by atoms with van der Waals surface area (Å²) in [6, 6.07) is 66.3. The Morgan fingerprint density at radius 1 is 0.179 bits per heavy atom. The Balaban J connectivity index is 0.928. The first-order valence-corrected chi connectivity index (χ1v) is 28.5. The van der Waals surface area contributed by atoms with Gasteiger partial charge in [0, 0.05) is 113 Å². The van der Waals surface area contributed by atoms with E-state index in [0.717, 1.165) is 38.5 Å². The topological polar surface area (TPSA) is 164 Å². The summed E-state index contributed by atoms with van der Waals surface area (Å²) in [5.41, 5.74) is 7.15. The molecule has 7 aliphatic heterocycles. The van der Waals surface area contributed by atoms with Crippen LogP contribution < -0.4 is 93.2 Å². The largest absolute Gasteiger partial charge is 0.340 e. The zero-order valence-electron chi connectivity index (χ0n) is 44.4. The standard InChI is InChI=1S/C60H78N18/c1-7-19-43(20-8-1)73-49-31-51(63-37-61-49)74(44-21-9-2-10-22-44)53-33-55(67-39-65-53)76(46-25-13-4-14-26-46)57-35-59(71-41-69-57)78(48-29-17-6-18-30-48)60-36-58(70-42-72-60)77(47-27-15-5-16-28-47)56-34-54(66-40-68-56)75(45-23-11-3-12-24-45)52-32-50(73)62-38-64-52/h1-30,49-72H,31-42H2. The Morgan fingerprint density at radius 2 is 0.295 bits per heavy atom. The first-order chi connectivity index (χ1) is 38.7. The number of hydrogen-bond donors (Lipinski definition) is 12. The molecule has 18 heteroatoms. The maximum absolute atomic E-state index is 3.99. The number of benzene rings is 6. The van der Waals surface area contributed by atoms with Crippen LogP contribution in [-0.2, 0) is 0 Å². The summed E-state index contributed by atoms with van der Waals surface area (Å²) in [7, 11) is 0. The van der Waals surface area contributed by atoms with Gasteiger partial charge in [-0.25, -0.2) is 0 Å². The van der Waals surface area contributed by atoms with Crippen molar-refractivity contribution in [3.8, 4) is 0 Å². The van der Waals surface area contributed by atoms with Gasteiger partial charge in [-0.3, -0.25) is 63.8 Å². The predicted octanol–water partition coefficient (Wildman–Crippen LogP) is 4.20. The van der Waals surface area contributed by atoms with E-state index in [4.69, 9.17) is 0 Å². The molecule has 12 N–H and O–H groups in total. The highest BCUT2D eigenvalue weighted by molar-refractivity contribution is 5.55. The highest BCUT2D eigenvalue weighted by Crippen LogP contribution is 2.36. The van der Waals surface area contributed by atoms with E-state index in [1.165, 1.54) is 34.1 Å². The van der Waals surface area contributed by atoms with Crippen LogP contribution >= 0.6 is 0 Å². The zero-order valence-corrected chi connectivity index (χ0v) is 44.4. The van der Waals surface area contributed by atoms with Crippen molar-refractivity contribution in [1.82, 2.24) is 63.8 Å². The highest BCUT2D eigenvalue weighted by Gasteiger charge is 2.45. The second-order valence-electron chi connectivity index (χ2n) is 21.6. The Kier molecular flexibility index (Phi) is 15.7. The summed E-state index contributed by atoms with van der Waals surface area (Å²) in [5, 5.41) is 47.9. The summed E-state index contributed by atoms with van der Waals surface area (Å²) in [6.07, 6.45) is 4.96. The Labute approximate surface area is 460 Å². The fourth-order valence-electron chi connectivity index (χ4n) is 13.6. The summed E-state index contributed by atoms with van der Waals surface area (Å²) in [5.74, 6) is 0. The van der Waals surface area contributed by atoms with E-state index in [-0.39, 0.29) is 74.0 Å². The SMILES string of the molecule is c1ccc(N2C3CC(NCN3)N(c3ccccc3)C3CC(NCN3)N(c3ccccc3)C3CC(NCN3)N(c3ccccc3)C3CC(NCN3)N(c3ccccc3)C3CC(NCN3)N(c3ccccc3)C3CC2NCN3)cc1. The number of fused-ring (bicyclic) bond motifs is 12. The van der Waals surface area contributed by atoms with E-state index >= 15 is 0 Å². The number of nitrogens with zero attached hydrogens (tertiary/aromatic N) is 6. The van der Waals surface area contributed by atoms with Crippen LogP contribution in [-0.4, -0.2) is 114 Å². The number of anilines is 6. The molecule has 12 bridgehead atoms. The normalized spacial score (nSPS) is 31.2. The Morgan fingerprint density at radius 3 is 0.410 bits per heavy atom. The second-order valence-corrected chi connectivity index (χ2v) is 21.6. The van der Waals surface area contributed by atoms with Crippen LogP contribution in [0, 0.1) is 0 Å². The summed E-state index contributed by atoms with van der Waals surface area (Å²) in [6.45, 7) is 3.91. The fourth-order valence-corrected chi connectivity index (χ4v) is 13.6. The van der Waals surface area contributed by atoms with Gasteiger partial charge in [-0.2, -0.15) is 0 Å². The van der Waals surface area contributed by atoms with E-state index in [1.54, 1.807) is 0 Å². The fraction of sp³-hybridized carbons (Fsp3) is 0.400. The minimum atomic E-state index is 0.000666. The van der Waals surface area contributed by atoms with E-state index < -0.39 is 0 Å². The lowest BCUT2D eigenvalue weighted by atomic mass is 10.0. The number of hydrogen-bond acceptors (Lipinski definition) is 18. The molecule has 7 aliphatic rings. The van der Waals surface area contributed by atoms with E-state index in [1.807, 2.05) is 0 Å². The molecule has 408 valence electrons. The number of rotatable bonds is 6. The molecule has 0 spiro atoms. The average Bonchev–Trinajstić information content (AvgIpc) is 3.51. The van der Waals surface area contributed by atoms with Crippen LogP contribution in [0.4, 0.5) is 34.1 Å². The van der Waals surface area contributed by atoms with Gasteiger partial charge in [0.15, 0.2) is 0 Å². The van der Waals surface area contributed by atoms with Gasteiger partial charge in [-0.1, -0.05) is 109 Å². The minimum absolute atomic E-state index is 0.000666. The summed E-state index contributed by atoms with van der Waals surface area (Å²) in [4.78, 5) is 15.8. The van der Waals surface area contributed by atoms with Crippen LogP contribution in [0.15, 0.2) is 182 Å². The maximum Gasteiger partial charge on any atom is 0.0854 e. The first-order valence-electron chi connectivity index (χ1n) is 28.5. The van der Waals surface area contributed by atoms with Gasteiger partial charge in [0.25, 0.3) is 0 Å². The molecule has 6 aromatic rings. The van der Waals surface area contributed by atoms with Crippen molar-refractivity contribution in [3.05, 3.63) is 182 Å². The quantitative estimate of drug-likeness (QED) is 0.115. The van der Waals surface area contributed by atoms with Gasteiger partial charge in [-0.15, -0.1) is 0 Å². The van der Waals surface area contributed by atoms with Crippen LogP contribution in [0.25, 0.3) is 0 Å². The highest BCUT2D eigenvalue weighted by atomic mass is 15.5. The van der Waals surface area contributed by atoms with E-state index in [9.17, 15) is 0 Å². The smallest absolute Gasteiger partial charge is 0.0854 e. The van der Waals surface area contributed by atoms with Crippen molar-refractivity contribution < 1.29 is 0 Å². The van der Waals surface area contributed by atoms with E-state index in [0.29, 0.717) is 40.0 Å². The van der Waals surface area contributed by atoms with Crippen LogP contribution in [0.3, 0.4) is 0 Å². The molecule has 78 heavy (non-hydrogen) atoms. The van der Waals surface area contributed by atoms with Crippen molar-refractivity contribution in [2.24, 2.45) is 0 Å². The molecule has 13 rings (SSSR count). The average molecular weight is 1050 g/mol. The summed E-state index contributed by atoms with van der Waals surface area (Å²) < 4.78 is 0. The first kappa shape index (κ1) is 51.1. The molecular weight excluding hydrogens is 973 g/mol. The van der Waals surface area contributed by atoms with Gasteiger partial charge in [-0.05, 0) is 72.8 Å². The van der Waals surface area contributed by atoms with Crippen molar-refractivity contribution in [3.63, 3.8) is 0 Å². The van der Waals surface area contributed by atoms with Gasteiger partial charge < -0.3 is 29.4 Å². The molecule has 7 fully saturated rings. The molecule has 7 saturated heterocycles. The lowest BCUT2D eigenvalue weighted by Crippen LogP contribution is -2.74. The molecule has 6 aromatic carbocycles. The maximum atomic E-state index is 3.99. The van der Waals surface area contributed by atoms with Crippen LogP contribution in [0.5, 0.6) is 0 Å². The van der Waals surface area contributed by atoms with Crippen molar-refractivity contribution in [1.29, 1.82) is 0 Å². The number of para-hydroxylation sites is 6. The Hall–Kier alpha value is -6.36. The minimum Gasteiger partial charge on any atom is -0.340 e. The molecule has 18 nitrogen and oxygen atoms in total. The third-order valence-electron chi connectivity index (χ3n) is 17.1. The van der Waals surface area contributed by atoms with Gasteiger partial charge >= 0.3 is 0 Å². The summed E-state index contributed by atoms with van der Waals surface area (Å²) >= 11 is 0. The van der Waals surface area contributed by atoms with Crippen molar-refractivity contribution in [2.75, 3.05) is 69.4 Å². The molecule has 0 saturated carbocycles. The molecule has 7 heterocycles. The van der Waals surface area contributed by atoms with E-state index in [2.05, 4.69) is 275 Å². The molecule has 0 radical (unpaired) electrons. The predicted molar refractivity (Wildman–Crippen MR) is 314 cm³/mol. The number of nitrogens with one attached hydrogen (secondary N) is 12. The van der Waals surface area contributed by atoms with Crippen molar-refractivity contribution in [2.45, 2.75) is 113 Å². The molecule has 0 aromatic heterocycles. The third-order valence-corrected chi connectivity index (χ3v) is 17.1. The monoisotopic (exact) mass is 1050 g/mol. The molecule has 0 amide bonds. The molecular formula is C60H78N18. The van der Waals surface area contributed by atoms with Crippen LogP contribution in [0.2, 0.25) is 0 Å². The molecule has 12 atom stereocenters. The van der Waals surface area contributed by atoms with Crippen LogP contribution in [0.1, 0.15) is 38.5 Å². The lowest BCUT2D eigenvalue weighted by molar-refractivity contribution is 0.188. The van der Waals surface area contributed by atoms with Crippen molar-refractivity contribution >= 4 is 34.1 Å². The Bertz CT molecular complexity index is 2220. The zero-order chi connectivity index (χ0) is 52.0. The van der Waals surface area contributed by atoms with Gasteiger partial charge in [0.1, 0.15) is 0 Å². The molecule has 12 unspecified atom stereocenters. The third kappa shape index (κ3) is 10.9. The molecule has 0 aliphatic carbocycles.